The lowest BCUT2D eigenvalue weighted by molar-refractivity contribution is 0.305. The summed E-state index contributed by atoms with van der Waals surface area (Å²) in [6, 6.07) is 12.3. The zero-order valence-electron chi connectivity index (χ0n) is 18.7. The second-order valence-corrected chi connectivity index (χ2v) is 11.9. The maximum atomic E-state index is 13.7. The molecule has 172 valence electrons. The topological polar surface area (TPSA) is 58.2 Å². The lowest BCUT2D eigenvalue weighted by Gasteiger charge is -2.25. The van der Waals surface area contributed by atoms with Crippen molar-refractivity contribution in [3.63, 3.8) is 0 Å². The molecule has 1 aromatic heterocycles. The number of thiophene rings is 1. The molecule has 7 heteroatoms. The average molecular weight is 475 g/mol. The summed E-state index contributed by atoms with van der Waals surface area (Å²) in [7, 11) is -3.78. The van der Waals surface area contributed by atoms with Crippen LogP contribution in [0.5, 0.6) is 0 Å². The average Bonchev–Trinajstić information content (AvgIpc) is 3.10. The van der Waals surface area contributed by atoms with E-state index in [0.717, 1.165) is 22.6 Å². The minimum atomic E-state index is -3.78. The molecule has 1 atom stereocenters. The molecule has 1 aliphatic carbocycles. The van der Waals surface area contributed by atoms with E-state index in [1.807, 2.05) is 18.2 Å². The van der Waals surface area contributed by atoms with Crippen LogP contribution in [0.1, 0.15) is 56.6 Å². The fourth-order valence-electron chi connectivity index (χ4n) is 4.68. The molecule has 0 radical (unpaired) electrons. The fourth-order valence-corrected chi connectivity index (χ4v) is 7.53. The summed E-state index contributed by atoms with van der Waals surface area (Å²) >= 11 is 1.17. The molecule has 0 saturated heterocycles. The minimum Gasteiger partial charge on any atom is -0.310 e. The largest absolute Gasteiger partial charge is 0.310 e. The summed E-state index contributed by atoms with van der Waals surface area (Å²) in [6.45, 7) is 4.54. The Balaban J connectivity index is 1.48. The van der Waals surface area contributed by atoms with Crippen LogP contribution in [0.3, 0.4) is 0 Å². The van der Waals surface area contributed by atoms with Gasteiger partial charge in [0.2, 0.25) is 0 Å². The molecule has 32 heavy (non-hydrogen) atoms. The van der Waals surface area contributed by atoms with Gasteiger partial charge in [0.25, 0.3) is 10.0 Å². The first-order chi connectivity index (χ1) is 15.3. The molecule has 0 bridgehead atoms. The van der Waals surface area contributed by atoms with E-state index in [4.69, 9.17) is 0 Å². The molecular formula is C25H31FN2O2S2. The van der Waals surface area contributed by atoms with Crippen LogP contribution < -0.4 is 10.0 Å². The van der Waals surface area contributed by atoms with Crippen molar-refractivity contribution in [2.75, 3.05) is 4.72 Å². The summed E-state index contributed by atoms with van der Waals surface area (Å²) in [5.41, 5.74) is 2.07. The molecule has 2 aromatic carbocycles. The van der Waals surface area contributed by atoms with Crippen LogP contribution in [0, 0.1) is 18.7 Å². The van der Waals surface area contributed by atoms with Gasteiger partial charge in [-0.3, -0.25) is 4.72 Å². The summed E-state index contributed by atoms with van der Waals surface area (Å²) in [4.78, 5) is 0. The molecule has 1 aliphatic rings. The SMILES string of the molecule is Cc1c(S(=O)(=O)Nc2ccccc2CNC(C)CC2CCCCC2)sc2ccc(F)cc12. The van der Waals surface area contributed by atoms with Crippen LogP contribution in [0.25, 0.3) is 10.1 Å². The molecule has 1 unspecified atom stereocenters. The van der Waals surface area contributed by atoms with Crippen LogP contribution in [-0.4, -0.2) is 14.5 Å². The van der Waals surface area contributed by atoms with Gasteiger partial charge in [-0.1, -0.05) is 50.3 Å². The number of anilines is 1. The van der Waals surface area contributed by atoms with Crippen LogP contribution in [0.2, 0.25) is 0 Å². The molecule has 4 rings (SSSR count). The number of halogens is 1. The number of benzene rings is 2. The zero-order chi connectivity index (χ0) is 22.7. The maximum Gasteiger partial charge on any atom is 0.271 e. The molecule has 0 aliphatic heterocycles. The van der Waals surface area contributed by atoms with E-state index >= 15 is 0 Å². The van der Waals surface area contributed by atoms with Crippen molar-refractivity contribution in [2.24, 2.45) is 5.92 Å². The molecule has 0 amide bonds. The highest BCUT2D eigenvalue weighted by Gasteiger charge is 2.23. The van der Waals surface area contributed by atoms with Gasteiger partial charge in [0, 0.05) is 17.3 Å². The van der Waals surface area contributed by atoms with Gasteiger partial charge in [0.05, 0.1) is 5.69 Å². The molecule has 0 spiro atoms. The number of rotatable bonds is 8. The second kappa shape index (κ2) is 9.89. The number of sulfonamides is 1. The summed E-state index contributed by atoms with van der Waals surface area (Å²) in [5, 5.41) is 4.22. The first-order valence-electron chi connectivity index (χ1n) is 11.4. The van der Waals surface area contributed by atoms with E-state index in [-0.39, 0.29) is 10.0 Å². The lowest BCUT2D eigenvalue weighted by Crippen LogP contribution is -2.29. The maximum absolute atomic E-state index is 13.7. The molecule has 3 aromatic rings. The van der Waals surface area contributed by atoms with Crippen molar-refractivity contribution in [1.82, 2.24) is 5.32 Å². The number of fused-ring (bicyclic) bond motifs is 1. The van der Waals surface area contributed by atoms with Gasteiger partial charge in [0.1, 0.15) is 10.0 Å². The Morgan fingerprint density at radius 2 is 1.88 bits per heavy atom. The third kappa shape index (κ3) is 5.33. The van der Waals surface area contributed by atoms with Gasteiger partial charge in [-0.2, -0.15) is 0 Å². The molecular weight excluding hydrogens is 443 g/mol. The highest BCUT2D eigenvalue weighted by atomic mass is 32.2. The Hall–Kier alpha value is -1.96. The Kier molecular flexibility index (Phi) is 7.17. The molecule has 1 heterocycles. The minimum absolute atomic E-state index is 0.228. The number of hydrogen-bond donors (Lipinski definition) is 2. The number of nitrogens with one attached hydrogen (secondary N) is 2. The van der Waals surface area contributed by atoms with E-state index in [9.17, 15) is 12.8 Å². The van der Waals surface area contributed by atoms with Gasteiger partial charge in [-0.15, -0.1) is 11.3 Å². The van der Waals surface area contributed by atoms with Crippen molar-refractivity contribution in [2.45, 2.75) is 69.2 Å². The van der Waals surface area contributed by atoms with Gasteiger partial charge in [-0.25, -0.2) is 12.8 Å². The summed E-state index contributed by atoms with van der Waals surface area (Å²) < 4.78 is 43.8. The summed E-state index contributed by atoms with van der Waals surface area (Å²) in [6.07, 6.45) is 7.84. The van der Waals surface area contributed by atoms with E-state index in [2.05, 4.69) is 17.0 Å². The van der Waals surface area contributed by atoms with Crippen molar-refractivity contribution in [3.05, 3.63) is 59.4 Å². The molecule has 2 N–H and O–H groups in total. The predicted molar refractivity (Wildman–Crippen MR) is 131 cm³/mol. The Morgan fingerprint density at radius 3 is 2.66 bits per heavy atom. The van der Waals surface area contributed by atoms with Crippen molar-refractivity contribution >= 4 is 37.1 Å². The van der Waals surface area contributed by atoms with Crippen molar-refractivity contribution in [3.8, 4) is 0 Å². The number of para-hydroxylation sites is 1. The Morgan fingerprint density at radius 1 is 1.12 bits per heavy atom. The number of aryl methyl sites for hydroxylation is 1. The lowest BCUT2D eigenvalue weighted by atomic mass is 9.85. The Bertz CT molecular complexity index is 1180. The van der Waals surface area contributed by atoms with Gasteiger partial charge in [-0.05, 0) is 67.0 Å². The van der Waals surface area contributed by atoms with Gasteiger partial charge < -0.3 is 5.32 Å². The molecule has 1 fully saturated rings. The standard InChI is InChI=1S/C25H31FN2O2S2/c1-17(14-19-8-4-3-5-9-19)27-16-20-10-6-7-11-23(20)28-32(29,30)25-18(2)22-15-21(26)12-13-24(22)31-25/h6-7,10-13,15,17,19,27-28H,3-5,8-9,14,16H2,1-2H3. The molecule has 4 nitrogen and oxygen atoms in total. The van der Waals surface area contributed by atoms with Crippen molar-refractivity contribution in [1.29, 1.82) is 0 Å². The third-order valence-corrected chi connectivity index (χ3v) is 9.67. The van der Waals surface area contributed by atoms with Crippen LogP contribution in [0.4, 0.5) is 10.1 Å². The first kappa shape index (κ1) is 23.2. The molecule has 1 saturated carbocycles. The zero-order valence-corrected chi connectivity index (χ0v) is 20.3. The smallest absolute Gasteiger partial charge is 0.271 e. The quantitative estimate of drug-likeness (QED) is 0.387. The van der Waals surface area contributed by atoms with Crippen LogP contribution in [-0.2, 0) is 16.6 Å². The van der Waals surface area contributed by atoms with Crippen molar-refractivity contribution < 1.29 is 12.8 Å². The first-order valence-corrected chi connectivity index (χ1v) is 13.7. The van der Waals surface area contributed by atoms with Crippen LogP contribution in [0.15, 0.2) is 46.7 Å². The Labute approximate surface area is 194 Å². The predicted octanol–water partition coefficient (Wildman–Crippen LogP) is 6.60. The third-order valence-electron chi connectivity index (χ3n) is 6.41. The van der Waals surface area contributed by atoms with E-state index in [0.29, 0.717) is 29.2 Å². The van der Waals surface area contributed by atoms with Gasteiger partial charge >= 0.3 is 0 Å². The van der Waals surface area contributed by atoms with Crippen LogP contribution >= 0.6 is 11.3 Å². The fraction of sp³-hybridized carbons (Fsp3) is 0.440. The van der Waals surface area contributed by atoms with E-state index < -0.39 is 10.0 Å². The highest BCUT2D eigenvalue weighted by Crippen LogP contribution is 2.35. The van der Waals surface area contributed by atoms with E-state index in [1.165, 1.54) is 55.6 Å². The summed E-state index contributed by atoms with van der Waals surface area (Å²) in [5.74, 6) is 0.426. The highest BCUT2D eigenvalue weighted by molar-refractivity contribution is 7.94. The monoisotopic (exact) mass is 474 g/mol. The van der Waals surface area contributed by atoms with E-state index in [1.54, 1.807) is 19.1 Å². The second-order valence-electron chi connectivity index (χ2n) is 8.94. The van der Waals surface area contributed by atoms with Gasteiger partial charge in [0.15, 0.2) is 0 Å². The number of hydrogen-bond acceptors (Lipinski definition) is 4. The normalized spacial score (nSPS) is 16.3.